The first-order valence-corrected chi connectivity index (χ1v) is 15.3. The molecule has 0 bridgehead atoms. The fourth-order valence-electron chi connectivity index (χ4n) is 5.42. The van der Waals surface area contributed by atoms with Crippen LogP contribution in [0, 0.1) is 0 Å². The predicted molar refractivity (Wildman–Crippen MR) is 156 cm³/mol. The molecule has 3 aromatic rings. The van der Waals surface area contributed by atoms with Gasteiger partial charge in [-0.3, -0.25) is 0 Å². The minimum Gasteiger partial charge on any atom is -0.405 e. The Kier molecular flexibility index (Phi) is 9.28. The van der Waals surface area contributed by atoms with Gasteiger partial charge in [0.05, 0.1) is 25.9 Å². The maximum Gasteiger partial charge on any atom is 0.261 e. The zero-order valence-electron chi connectivity index (χ0n) is 23.5. The number of rotatable bonds is 11. The first-order valence-electron chi connectivity index (χ1n) is 13.4. The lowest BCUT2D eigenvalue weighted by Gasteiger charge is -2.43. The summed E-state index contributed by atoms with van der Waals surface area (Å²) < 4.78 is 25.8. The molecule has 0 spiro atoms. The van der Waals surface area contributed by atoms with E-state index in [4.69, 9.17) is 18.6 Å². The van der Waals surface area contributed by atoms with Crippen LogP contribution in [0.5, 0.6) is 0 Å². The Bertz CT molecular complexity index is 1190. The third-order valence-electron chi connectivity index (χ3n) is 7.08. The average Bonchev–Trinajstić information content (AvgIpc) is 3.23. The standard InChI is InChI=1S/C31H39N3O4Si/c1-30(2,3)39(25-17-11-7-12-18-25,26-19-13-8-14-20-26)36-23-28-29(38-31(4,5)37-28)27(33-34-32)22-35-21-24-15-9-6-10-16-24/h6-20,27-29H,21-23H2,1-5H3/t27-,28+,29+/m1/s1. The average molecular weight is 546 g/mol. The summed E-state index contributed by atoms with van der Waals surface area (Å²) in [5.41, 5.74) is 10.4. The number of hydrogen-bond acceptors (Lipinski definition) is 5. The van der Waals surface area contributed by atoms with Gasteiger partial charge in [0.25, 0.3) is 8.32 Å². The molecule has 0 saturated carbocycles. The summed E-state index contributed by atoms with van der Waals surface area (Å²) in [4.78, 5) is 3.11. The predicted octanol–water partition coefficient (Wildman–Crippen LogP) is 5.98. The highest BCUT2D eigenvalue weighted by Gasteiger charge is 2.52. The lowest BCUT2D eigenvalue weighted by Crippen LogP contribution is -2.67. The highest BCUT2D eigenvalue weighted by molar-refractivity contribution is 6.99. The van der Waals surface area contributed by atoms with E-state index < -0.39 is 32.4 Å². The first kappa shape index (κ1) is 29.0. The summed E-state index contributed by atoms with van der Waals surface area (Å²) in [5.74, 6) is -0.854. The largest absolute Gasteiger partial charge is 0.405 e. The molecule has 0 radical (unpaired) electrons. The van der Waals surface area contributed by atoms with Crippen LogP contribution in [0.25, 0.3) is 10.4 Å². The molecule has 206 valence electrons. The van der Waals surface area contributed by atoms with Crippen LogP contribution in [0.1, 0.15) is 40.2 Å². The van der Waals surface area contributed by atoms with Crippen molar-refractivity contribution < 1.29 is 18.6 Å². The van der Waals surface area contributed by atoms with Gasteiger partial charge in [0, 0.05) is 4.91 Å². The molecule has 1 heterocycles. The van der Waals surface area contributed by atoms with E-state index in [9.17, 15) is 5.53 Å². The van der Waals surface area contributed by atoms with Crippen molar-refractivity contribution in [1.29, 1.82) is 0 Å². The molecule has 3 aromatic carbocycles. The van der Waals surface area contributed by atoms with Crippen molar-refractivity contribution in [3.8, 4) is 0 Å². The fourth-order valence-corrected chi connectivity index (χ4v) is 9.99. The molecule has 0 N–H and O–H groups in total. The molecule has 1 aliphatic rings. The van der Waals surface area contributed by atoms with Crippen LogP contribution in [0.2, 0.25) is 5.04 Å². The molecule has 8 heteroatoms. The summed E-state index contributed by atoms with van der Waals surface area (Å²) in [6.45, 7) is 11.4. The van der Waals surface area contributed by atoms with Crippen molar-refractivity contribution >= 4 is 18.7 Å². The molecule has 7 nitrogen and oxygen atoms in total. The molecular formula is C31H39N3O4Si. The normalized spacial score (nSPS) is 19.8. The number of azide groups is 1. The molecule has 1 saturated heterocycles. The van der Waals surface area contributed by atoms with Crippen LogP contribution in [-0.4, -0.2) is 45.6 Å². The van der Waals surface area contributed by atoms with Gasteiger partial charge < -0.3 is 18.6 Å². The van der Waals surface area contributed by atoms with Crippen LogP contribution >= 0.6 is 0 Å². The third-order valence-corrected chi connectivity index (χ3v) is 12.1. The quantitative estimate of drug-likeness (QED) is 0.128. The van der Waals surface area contributed by atoms with Crippen molar-refractivity contribution in [3.05, 3.63) is 107 Å². The van der Waals surface area contributed by atoms with Gasteiger partial charge in [0.2, 0.25) is 0 Å². The van der Waals surface area contributed by atoms with Gasteiger partial charge in [0.15, 0.2) is 5.79 Å². The van der Waals surface area contributed by atoms with Crippen molar-refractivity contribution in [2.45, 2.75) is 70.3 Å². The number of benzene rings is 3. The van der Waals surface area contributed by atoms with Crippen LogP contribution in [0.4, 0.5) is 0 Å². The molecule has 4 rings (SSSR count). The Labute approximate surface area is 232 Å². The van der Waals surface area contributed by atoms with E-state index in [0.29, 0.717) is 6.61 Å². The van der Waals surface area contributed by atoms with Gasteiger partial charge in [-0.05, 0) is 40.4 Å². The van der Waals surface area contributed by atoms with Crippen LogP contribution in [-0.2, 0) is 25.2 Å². The second-order valence-corrected chi connectivity index (χ2v) is 15.7. The molecule has 0 aromatic heterocycles. The minimum atomic E-state index is -2.79. The molecular weight excluding hydrogens is 506 g/mol. The Morgan fingerprint density at radius 1 is 0.897 bits per heavy atom. The Morgan fingerprint density at radius 3 is 1.95 bits per heavy atom. The monoisotopic (exact) mass is 545 g/mol. The Balaban J connectivity index is 1.61. The third kappa shape index (κ3) is 6.79. The molecule has 0 amide bonds. The zero-order valence-corrected chi connectivity index (χ0v) is 24.5. The first-order chi connectivity index (χ1) is 18.7. The fraction of sp³-hybridized carbons (Fsp3) is 0.419. The second-order valence-electron chi connectivity index (χ2n) is 11.4. The maximum atomic E-state index is 9.37. The van der Waals surface area contributed by atoms with Crippen LogP contribution in [0.15, 0.2) is 96.1 Å². The molecule has 0 aliphatic carbocycles. The van der Waals surface area contributed by atoms with E-state index in [-0.39, 0.29) is 18.3 Å². The van der Waals surface area contributed by atoms with Gasteiger partial charge in [-0.1, -0.05) is 117 Å². The minimum absolute atomic E-state index is 0.177. The van der Waals surface area contributed by atoms with Crippen molar-refractivity contribution in [2.24, 2.45) is 5.11 Å². The van der Waals surface area contributed by atoms with Crippen molar-refractivity contribution in [2.75, 3.05) is 13.2 Å². The molecule has 0 unspecified atom stereocenters. The van der Waals surface area contributed by atoms with Crippen LogP contribution < -0.4 is 10.4 Å². The summed E-state index contributed by atoms with van der Waals surface area (Å²) >= 11 is 0. The van der Waals surface area contributed by atoms with Gasteiger partial charge in [0.1, 0.15) is 12.2 Å². The summed E-state index contributed by atoms with van der Waals surface area (Å²) in [6, 6.07) is 30.3. The van der Waals surface area contributed by atoms with Crippen LogP contribution in [0.3, 0.4) is 0 Å². The molecule has 1 aliphatic heterocycles. The van der Waals surface area contributed by atoms with Gasteiger partial charge in [-0.25, -0.2) is 0 Å². The Morgan fingerprint density at radius 2 is 1.44 bits per heavy atom. The summed E-state index contributed by atoms with van der Waals surface area (Å²) in [5, 5.41) is 6.27. The summed E-state index contributed by atoms with van der Waals surface area (Å²) in [7, 11) is -2.79. The van der Waals surface area contributed by atoms with Crippen molar-refractivity contribution in [1.82, 2.24) is 0 Å². The highest BCUT2D eigenvalue weighted by atomic mass is 28.4. The number of ether oxygens (including phenoxy) is 3. The SMILES string of the molecule is CC1(C)O[C@@H]([C@@H](COCc2ccccc2)N=[N+]=[N-])[C@H](CO[Si](c2ccccc2)(c2ccccc2)C(C)(C)C)O1. The number of hydrogen-bond donors (Lipinski definition) is 0. The van der Waals surface area contributed by atoms with Crippen molar-refractivity contribution in [3.63, 3.8) is 0 Å². The molecule has 1 fully saturated rings. The zero-order chi connectivity index (χ0) is 27.9. The smallest absolute Gasteiger partial charge is 0.261 e. The van der Waals surface area contributed by atoms with Gasteiger partial charge >= 0.3 is 0 Å². The van der Waals surface area contributed by atoms with E-state index in [1.54, 1.807) is 0 Å². The topological polar surface area (TPSA) is 85.7 Å². The Hall–Kier alpha value is -2.97. The van der Waals surface area contributed by atoms with E-state index in [1.807, 2.05) is 56.3 Å². The molecule has 39 heavy (non-hydrogen) atoms. The lowest BCUT2D eigenvalue weighted by atomic mass is 10.1. The summed E-state index contributed by atoms with van der Waals surface area (Å²) in [6.07, 6.45) is -0.970. The van der Waals surface area contributed by atoms with Gasteiger partial charge in [-0.2, -0.15) is 0 Å². The highest BCUT2D eigenvalue weighted by Crippen LogP contribution is 2.38. The maximum absolute atomic E-state index is 9.37. The molecule has 3 atom stereocenters. The second kappa shape index (κ2) is 12.5. The van der Waals surface area contributed by atoms with E-state index in [1.165, 1.54) is 10.4 Å². The number of nitrogens with zero attached hydrogens (tertiary/aromatic N) is 3. The van der Waals surface area contributed by atoms with E-state index >= 15 is 0 Å². The lowest BCUT2D eigenvalue weighted by molar-refractivity contribution is -0.151. The van der Waals surface area contributed by atoms with Gasteiger partial charge in [-0.15, -0.1) is 0 Å². The van der Waals surface area contributed by atoms with E-state index in [0.717, 1.165) is 5.56 Å². The van der Waals surface area contributed by atoms with E-state index in [2.05, 4.69) is 79.3 Å².